The van der Waals surface area contributed by atoms with Crippen LogP contribution in [0.25, 0.3) is 0 Å². The van der Waals surface area contributed by atoms with Crippen molar-refractivity contribution in [2.45, 2.75) is 43.4 Å². The molecule has 1 aliphatic heterocycles. The first-order valence-electron chi connectivity index (χ1n) is 10.1. The van der Waals surface area contributed by atoms with Gasteiger partial charge in [-0.25, -0.2) is 18.5 Å². The summed E-state index contributed by atoms with van der Waals surface area (Å²) in [7, 11) is -3.65. The summed E-state index contributed by atoms with van der Waals surface area (Å²) in [5.74, 6) is 2.05. The van der Waals surface area contributed by atoms with Gasteiger partial charge in [0.2, 0.25) is 10.0 Å². The van der Waals surface area contributed by atoms with Crippen molar-refractivity contribution in [1.29, 1.82) is 0 Å². The molecule has 6 nitrogen and oxygen atoms in total. The quantitative estimate of drug-likeness (QED) is 0.317. The van der Waals surface area contributed by atoms with E-state index in [1.54, 1.807) is 12.1 Å². The number of sulfonamides is 1. The van der Waals surface area contributed by atoms with E-state index in [0.717, 1.165) is 43.3 Å². The van der Waals surface area contributed by atoms with Gasteiger partial charge in [-0.15, -0.1) is 35.3 Å². The van der Waals surface area contributed by atoms with E-state index in [9.17, 15) is 8.42 Å². The van der Waals surface area contributed by atoms with Crippen molar-refractivity contribution in [3.63, 3.8) is 0 Å². The van der Waals surface area contributed by atoms with Crippen LogP contribution < -0.4 is 10.5 Å². The first-order valence-corrected chi connectivity index (χ1v) is 12.5. The summed E-state index contributed by atoms with van der Waals surface area (Å²) in [4.78, 5) is 8.00. The summed E-state index contributed by atoms with van der Waals surface area (Å²) in [5.41, 5.74) is 1.43. The van der Waals surface area contributed by atoms with E-state index in [2.05, 4.69) is 54.4 Å². The molecule has 1 fully saturated rings. The number of halogens is 1. The molecule has 1 aromatic carbocycles. The third kappa shape index (κ3) is 6.41. The van der Waals surface area contributed by atoms with Crippen molar-refractivity contribution in [2.75, 3.05) is 19.6 Å². The summed E-state index contributed by atoms with van der Waals surface area (Å²) in [6.45, 7) is 7.48. The molecule has 3 rings (SSSR count). The van der Waals surface area contributed by atoms with Crippen LogP contribution in [0, 0.1) is 5.92 Å². The van der Waals surface area contributed by atoms with Gasteiger partial charge in [-0.05, 0) is 42.9 Å². The third-order valence-electron chi connectivity index (χ3n) is 5.42. The molecule has 0 radical (unpaired) electrons. The van der Waals surface area contributed by atoms with Crippen LogP contribution in [-0.4, -0.2) is 38.9 Å². The fourth-order valence-corrected chi connectivity index (χ4v) is 5.66. The number of thiophene rings is 1. The topological polar surface area (TPSA) is 87.8 Å². The largest absolute Gasteiger partial charge is 0.357 e. The smallest absolute Gasteiger partial charge is 0.247 e. The Kier molecular flexibility index (Phi) is 9.58. The van der Waals surface area contributed by atoms with Crippen LogP contribution >= 0.6 is 35.3 Å². The zero-order valence-corrected chi connectivity index (χ0v) is 21.4. The molecule has 2 unspecified atom stereocenters. The summed E-state index contributed by atoms with van der Waals surface area (Å²) < 4.78 is 23.1. The summed E-state index contributed by atoms with van der Waals surface area (Å²) in [5, 5.41) is 8.60. The zero-order valence-electron chi connectivity index (χ0n) is 17.5. The van der Waals surface area contributed by atoms with E-state index >= 15 is 0 Å². The molecule has 0 spiro atoms. The number of likely N-dealkylation sites (tertiary alicyclic amines) is 1. The summed E-state index contributed by atoms with van der Waals surface area (Å²) in [6, 6.07) is 14.1. The van der Waals surface area contributed by atoms with Gasteiger partial charge in [0.05, 0.1) is 6.54 Å². The molecule has 2 aromatic rings. The lowest BCUT2D eigenvalue weighted by molar-refractivity contribution is 0.215. The van der Waals surface area contributed by atoms with Crippen LogP contribution in [0.5, 0.6) is 0 Å². The van der Waals surface area contributed by atoms with E-state index in [0.29, 0.717) is 18.4 Å². The maximum absolute atomic E-state index is 11.5. The van der Waals surface area contributed by atoms with Crippen LogP contribution in [0.4, 0.5) is 0 Å². The Morgan fingerprint density at radius 1 is 1.23 bits per heavy atom. The lowest BCUT2D eigenvalue weighted by Gasteiger charge is -2.40. The van der Waals surface area contributed by atoms with E-state index in [-0.39, 0.29) is 28.2 Å². The predicted molar refractivity (Wildman–Crippen MR) is 135 cm³/mol. The fraction of sp³-hybridized carbons (Fsp3) is 0.476. The van der Waals surface area contributed by atoms with Crippen LogP contribution in [0.3, 0.4) is 0 Å². The molecule has 9 heteroatoms. The normalized spacial score (nSPS) is 20.0. The van der Waals surface area contributed by atoms with Gasteiger partial charge in [0, 0.05) is 24.5 Å². The number of aliphatic imine (C=N–C) groups is 1. The third-order valence-corrected chi connectivity index (χ3v) is 7.93. The number of piperidine rings is 1. The van der Waals surface area contributed by atoms with Crippen molar-refractivity contribution in [3.05, 3.63) is 52.9 Å². The van der Waals surface area contributed by atoms with Gasteiger partial charge >= 0.3 is 0 Å². The minimum atomic E-state index is -3.65. The number of nitrogens with two attached hydrogens (primary N) is 1. The predicted octanol–water partition coefficient (Wildman–Crippen LogP) is 3.99. The number of nitrogens with zero attached hydrogens (tertiary/aromatic N) is 2. The Morgan fingerprint density at radius 2 is 1.97 bits per heavy atom. The van der Waals surface area contributed by atoms with Gasteiger partial charge in [-0.1, -0.05) is 43.7 Å². The SMILES string of the molecule is CCNC(=NCc1ccc(S(N)(=O)=O)s1)N1CCC(c2ccccc2)C(CC)C1.I. The highest BCUT2D eigenvalue weighted by molar-refractivity contribution is 14.0. The maximum atomic E-state index is 11.5. The van der Waals surface area contributed by atoms with E-state index in [1.165, 1.54) is 16.9 Å². The molecule has 1 aromatic heterocycles. The number of hydrogen-bond donors (Lipinski definition) is 2. The molecule has 0 amide bonds. The number of nitrogens with one attached hydrogen (secondary N) is 1. The van der Waals surface area contributed by atoms with Gasteiger partial charge in [-0.2, -0.15) is 0 Å². The highest BCUT2D eigenvalue weighted by Crippen LogP contribution is 2.35. The monoisotopic (exact) mass is 562 g/mol. The minimum Gasteiger partial charge on any atom is -0.357 e. The van der Waals surface area contributed by atoms with Crippen molar-refractivity contribution < 1.29 is 8.42 Å². The van der Waals surface area contributed by atoms with Gasteiger partial charge in [-0.3, -0.25) is 0 Å². The van der Waals surface area contributed by atoms with Crippen molar-refractivity contribution in [2.24, 2.45) is 16.0 Å². The first-order chi connectivity index (χ1) is 13.9. The second-order valence-corrected chi connectivity index (χ2v) is 10.3. The van der Waals surface area contributed by atoms with Crippen LogP contribution in [0.2, 0.25) is 0 Å². The molecule has 2 heterocycles. The standard InChI is InChI=1S/C21H30N4O2S2.HI/c1-3-16-15-25(13-12-19(16)17-8-6-5-7-9-17)21(23-4-2)24-14-18-10-11-20(28-18)29(22,26)27;/h5-11,16,19H,3-4,12-15H2,1-2H3,(H,23,24)(H2,22,26,27);1H. The van der Waals surface area contributed by atoms with Crippen LogP contribution in [0.15, 0.2) is 51.7 Å². The van der Waals surface area contributed by atoms with E-state index in [4.69, 9.17) is 10.1 Å². The zero-order chi connectivity index (χ0) is 20.9. The Balaban J connectivity index is 0.00000320. The van der Waals surface area contributed by atoms with Crippen molar-refractivity contribution >= 4 is 51.3 Å². The molecule has 30 heavy (non-hydrogen) atoms. The second-order valence-electron chi connectivity index (χ2n) is 7.36. The minimum absolute atomic E-state index is 0. The Morgan fingerprint density at radius 3 is 2.57 bits per heavy atom. The Labute approximate surface area is 201 Å². The van der Waals surface area contributed by atoms with Gasteiger partial charge in [0.25, 0.3) is 0 Å². The van der Waals surface area contributed by atoms with Crippen molar-refractivity contribution in [3.8, 4) is 0 Å². The number of hydrogen-bond acceptors (Lipinski definition) is 4. The average molecular weight is 563 g/mol. The van der Waals surface area contributed by atoms with Gasteiger partial charge in [0.1, 0.15) is 4.21 Å². The molecular weight excluding hydrogens is 531 g/mol. The lowest BCUT2D eigenvalue weighted by Crippen LogP contribution is -2.48. The molecule has 2 atom stereocenters. The van der Waals surface area contributed by atoms with Crippen molar-refractivity contribution in [1.82, 2.24) is 10.2 Å². The summed E-state index contributed by atoms with van der Waals surface area (Å²) in [6.07, 6.45) is 2.22. The molecule has 0 bridgehead atoms. The fourth-order valence-electron chi connectivity index (χ4n) is 3.95. The second kappa shape index (κ2) is 11.4. The van der Waals surface area contributed by atoms with Gasteiger partial charge in [0.15, 0.2) is 5.96 Å². The van der Waals surface area contributed by atoms with Crippen LogP contribution in [-0.2, 0) is 16.6 Å². The lowest BCUT2D eigenvalue weighted by atomic mass is 9.79. The molecule has 0 saturated carbocycles. The number of primary sulfonamides is 1. The molecule has 3 N–H and O–H groups in total. The van der Waals surface area contributed by atoms with E-state index in [1.807, 2.05) is 0 Å². The molecule has 0 aliphatic carbocycles. The Bertz CT molecular complexity index is 931. The average Bonchev–Trinajstić information content (AvgIpc) is 3.21. The van der Waals surface area contributed by atoms with E-state index < -0.39 is 10.0 Å². The molecule has 1 saturated heterocycles. The van der Waals surface area contributed by atoms with Gasteiger partial charge < -0.3 is 10.2 Å². The Hall–Kier alpha value is -1.17. The first kappa shape index (κ1) is 25.1. The number of guanidine groups is 1. The molecule has 166 valence electrons. The van der Waals surface area contributed by atoms with Crippen LogP contribution in [0.1, 0.15) is 43.0 Å². The number of benzene rings is 1. The highest BCUT2D eigenvalue weighted by atomic mass is 127. The maximum Gasteiger partial charge on any atom is 0.247 e. The molecular formula is C21H31IN4O2S2. The highest BCUT2D eigenvalue weighted by Gasteiger charge is 2.30. The summed E-state index contributed by atoms with van der Waals surface area (Å²) >= 11 is 1.18. The number of rotatable bonds is 6. The molecule has 1 aliphatic rings.